The van der Waals surface area contributed by atoms with E-state index in [-0.39, 0.29) is 22.7 Å². The Bertz CT molecular complexity index is 376. The van der Waals surface area contributed by atoms with Gasteiger partial charge in [-0.3, -0.25) is 10.1 Å². The fourth-order valence-corrected chi connectivity index (χ4v) is 0.867. The van der Waals surface area contributed by atoms with E-state index in [2.05, 4.69) is 5.11 Å². The van der Waals surface area contributed by atoms with Crippen LogP contribution in [0.25, 0.3) is 0 Å². The molecule has 0 amide bonds. The minimum Gasteiger partial charge on any atom is -0.397 e. The molecule has 0 saturated heterocycles. The highest BCUT2D eigenvalue weighted by Gasteiger charge is 2.14. The first kappa shape index (κ1) is 8.91. The van der Waals surface area contributed by atoms with E-state index in [9.17, 15) is 10.1 Å². The van der Waals surface area contributed by atoms with Crippen LogP contribution in [0.1, 0.15) is 0 Å². The smallest absolute Gasteiger partial charge is 0.294 e. The Hall–Kier alpha value is -2.18. The first-order chi connectivity index (χ1) is 6.06. The molecule has 1 aromatic rings. The van der Waals surface area contributed by atoms with Crippen molar-refractivity contribution in [3.05, 3.63) is 22.2 Å². The van der Waals surface area contributed by atoms with Crippen molar-refractivity contribution in [2.24, 2.45) is 5.11 Å². The van der Waals surface area contributed by atoms with Gasteiger partial charge >= 0.3 is 0 Å². The number of rotatable bonds is 2. The molecule has 7 nitrogen and oxygen atoms in total. The normalized spacial score (nSPS) is 9.54. The number of hydrogen-bond donors (Lipinski definition) is 3. The number of nitrogens with one attached hydrogen (secondary N) is 1. The van der Waals surface area contributed by atoms with Crippen molar-refractivity contribution < 1.29 is 4.92 Å². The van der Waals surface area contributed by atoms with Gasteiger partial charge in [0.15, 0.2) is 0 Å². The van der Waals surface area contributed by atoms with Crippen molar-refractivity contribution in [2.45, 2.75) is 0 Å². The third-order valence-electron chi connectivity index (χ3n) is 1.49. The van der Waals surface area contributed by atoms with Crippen LogP contribution in [0.3, 0.4) is 0 Å². The highest BCUT2D eigenvalue weighted by molar-refractivity contribution is 5.75. The standard InChI is InChI=1S/C6H7N5O2/c7-3-1-4(8)6(11(12)13)2-5(3)10-9/h1-2,9H,7-8H2. The predicted molar refractivity (Wildman–Crippen MR) is 46.7 cm³/mol. The quantitative estimate of drug-likeness (QED) is 0.275. The molecule has 1 rings (SSSR count). The highest BCUT2D eigenvalue weighted by atomic mass is 16.6. The topological polar surface area (TPSA) is 131 Å². The van der Waals surface area contributed by atoms with Crippen LogP contribution in [0, 0.1) is 15.6 Å². The molecular formula is C6H7N5O2. The summed E-state index contributed by atoms with van der Waals surface area (Å²) in [6, 6.07) is 2.28. The molecule has 0 aromatic heterocycles. The summed E-state index contributed by atoms with van der Waals surface area (Å²) < 4.78 is 0. The Morgan fingerprint density at radius 1 is 1.38 bits per heavy atom. The van der Waals surface area contributed by atoms with Gasteiger partial charge < -0.3 is 11.5 Å². The van der Waals surface area contributed by atoms with E-state index >= 15 is 0 Å². The molecule has 0 heterocycles. The van der Waals surface area contributed by atoms with Crippen LogP contribution in [-0.2, 0) is 0 Å². The second-order valence-corrected chi connectivity index (χ2v) is 2.34. The van der Waals surface area contributed by atoms with Crippen molar-refractivity contribution in [1.29, 1.82) is 5.53 Å². The van der Waals surface area contributed by atoms with Crippen molar-refractivity contribution >= 4 is 22.7 Å². The zero-order valence-electron chi connectivity index (χ0n) is 6.52. The van der Waals surface area contributed by atoms with Gasteiger partial charge in [-0.2, -0.15) is 5.11 Å². The van der Waals surface area contributed by atoms with Crippen LogP contribution in [0.4, 0.5) is 22.7 Å². The minimum absolute atomic E-state index is 0.0325. The molecule has 0 unspecified atom stereocenters. The highest BCUT2D eigenvalue weighted by Crippen LogP contribution is 2.32. The summed E-state index contributed by atoms with van der Waals surface area (Å²) >= 11 is 0. The number of benzene rings is 1. The Morgan fingerprint density at radius 2 is 2.00 bits per heavy atom. The predicted octanol–water partition coefficient (Wildman–Crippen LogP) is 1.42. The lowest BCUT2D eigenvalue weighted by molar-refractivity contribution is -0.383. The third-order valence-corrected chi connectivity index (χ3v) is 1.49. The molecule has 0 radical (unpaired) electrons. The second kappa shape index (κ2) is 3.05. The van der Waals surface area contributed by atoms with Gasteiger partial charge in [0, 0.05) is 6.07 Å². The lowest BCUT2D eigenvalue weighted by Crippen LogP contribution is -1.97. The molecular weight excluding hydrogens is 174 g/mol. The van der Waals surface area contributed by atoms with E-state index in [0.29, 0.717) is 0 Å². The van der Waals surface area contributed by atoms with Crippen molar-refractivity contribution in [3.63, 3.8) is 0 Å². The van der Waals surface area contributed by atoms with Crippen molar-refractivity contribution in [1.82, 2.24) is 0 Å². The average Bonchev–Trinajstić information content (AvgIpc) is 2.03. The molecule has 0 bridgehead atoms. The number of hydrogen-bond acceptors (Lipinski definition) is 6. The maximum atomic E-state index is 10.4. The van der Waals surface area contributed by atoms with Crippen LogP contribution in [0.2, 0.25) is 0 Å². The molecule has 1 aromatic carbocycles. The summed E-state index contributed by atoms with van der Waals surface area (Å²) in [5.41, 5.74) is 17.2. The summed E-state index contributed by atoms with van der Waals surface area (Å²) in [7, 11) is 0. The number of nitrogens with two attached hydrogens (primary N) is 2. The number of nitro benzene ring substituents is 1. The van der Waals surface area contributed by atoms with E-state index in [1.165, 1.54) is 6.07 Å². The van der Waals surface area contributed by atoms with E-state index in [1.54, 1.807) is 0 Å². The largest absolute Gasteiger partial charge is 0.397 e. The van der Waals surface area contributed by atoms with E-state index in [0.717, 1.165) is 6.07 Å². The Kier molecular flexibility index (Phi) is 2.09. The molecule has 5 N–H and O–H groups in total. The van der Waals surface area contributed by atoms with Gasteiger partial charge in [-0.1, -0.05) is 0 Å². The number of nitro groups is 1. The van der Waals surface area contributed by atoms with Crippen molar-refractivity contribution in [2.75, 3.05) is 11.5 Å². The SMILES string of the molecule is N=Nc1cc([N+](=O)[O-])c(N)cc1N. The van der Waals surface area contributed by atoms with Gasteiger partial charge in [0.2, 0.25) is 0 Å². The molecule has 0 aliphatic carbocycles. The first-order valence-electron chi connectivity index (χ1n) is 3.27. The maximum Gasteiger partial charge on any atom is 0.294 e. The van der Waals surface area contributed by atoms with Crippen LogP contribution in [0.5, 0.6) is 0 Å². The van der Waals surface area contributed by atoms with Crippen LogP contribution in [-0.4, -0.2) is 4.92 Å². The third kappa shape index (κ3) is 1.53. The van der Waals surface area contributed by atoms with E-state index in [1.807, 2.05) is 0 Å². The fraction of sp³-hybridized carbons (Fsp3) is 0. The van der Waals surface area contributed by atoms with Gasteiger partial charge in [-0.15, -0.1) is 0 Å². The minimum atomic E-state index is -0.649. The van der Waals surface area contributed by atoms with E-state index in [4.69, 9.17) is 17.0 Å². The first-order valence-corrected chi connectivity index (χ1v) is 3.27. The number of nitrogen functional groups attached to an aromatic ring is 2. The maximum absolute atomic E-state index is 10.4. The van der Waals surface area contributed by atoms with Gasteiger partial charge in [0.25, 0.3) is 5.69 Å². The lowest BCUT2D eigenvalue weighted by Gasteiger charge is -2.00. The average molecular weight is 181 g/mol. The molecule has 68 valence electrons. The summed E-state index contributed by atoms with van der Waals surface area (Å²) in [5, 5.41) is 13.4. The zero-order valence-corrected chi connectivity index (χ0v) is 6.52. The van der Waals surface area contributed by atoms with Gasteiger partial charge in [-0.25, -0.2) is 5.53 Å². The second-order valence-electron chi connectivity index (χ2n) is 2.34. The summed E-state index contributed by atoms with van der Waals surface area (Å²) in [6.45, 7) is 0. The molecule has 0 spiro atoms. The Balaban J connectivity index is 3.38. The lowest BCUT2D eigenvalue weighted by atomic mass is 10.2. The fourth-order valence-electron chi connectivity index (χ4n) is 0.867. The van der Waals surface area contributed by atoms with Crippen LogP contribution >= 0.6 is 0 Å². The van der Waals surface area contributed by atoms with Crippen LogP contribution in [0.15, 0.2) is 17.2 Å². The molecule has 0 saturated carbocycles. The molecule has 0 atom stereocenters. The molecule has 7 heteroatoms. The Morgan fingerprint density at radius 3 is 2.46 bits per heavy atom. The number of nitrogens with zero attached hydrogens (tertiary/aromatic N) is 2. The van der Waals surface area contributed by atoms with Crippen molar-refractivity contribution in [3.8, 4) is 0 Å². The summed E-state index contributed by atoms with van der Waals surface area (Å²) in [6.07, 6.45) is 0. The molecule has 0 aliphatic rings. The molecule has 0 fully saturated rings. The zero-order chi connectivity index (χ0) is 10.0. The van der Waals surface area contributed by atoms with Gasteiger partial charge in [0.05, 0.1) is 10.6 Å². The summed E-state index contributed by atoms with van der Waals surface area (Å²) in [4.78, 5) is 9.73. The van der Waals surface area contributed by atoms with Gasteiger partial charge in [0.1, 0.15) is 11.4 Å². The number of anilines is 2. The molecule has 13 heavy (non-hydrogen) atoms. The van der Waals surface area contributed by atoms with Crippen LogP contribution < -0.4 is 11.5 Å². The molecule has 0 aliphatic heterocycles. The van der Waals surface area contributed by atoms with Gasteiger partial charge in [-0.05, 0) is 6.07 Å². The summed E-state index contributed by atoms with van der Waals surface area (Å²) in [5.74, 6) is 0. The Labute approximate surface area is 73.0 Å². The monoisotopic (exact) mass is 181 g/mol. The van der Waals surface area contributed by atoms with E-state index < -0.39 is 4.92 Å².